The van der Waals surface area contributed by atoms with Crippen LogP contribution in [0.15, 0.2) is 48.5 Å². The molecule has 0 spiro atoms. The van der Waals surface area contributed by atoms with E-state index in [4.69, 9.17) is 29.3 Å². The molecular weight excluding hydrogens is 477 g/mol. The van der Waals surface area contributed by atoms with Crippen LogP contribution >= 0.6 is 0 Å². The predicted molar refractivity (Wildman–Crippen MR) is 142 cm³/mol. The molecule has 0 saturated carbocycles. The van der Waals surface area contributed by atoms with E-state index in [1.54, 1.807) is 19.2 Å². The number of unbranched alkanes of at least 4 members (excludes halogenated alkanes) is 2. The van der Waals surface area contributed by atoms with Gasteiger partial charge in [-0.15, -0.1) is 0 Å². The molecule has 3 rings (SSSR count). The first-order valence-corrected chi connectivity index (χ1v) is 12.7. The minimum atomic E-state index is -1.82. The van der Waals surface area contributed by atoms with Crippen LogP contribution in [0.4, 0.5) is 4.39 Å². The number of benzene rings is 2. The largest absolute Gasteiger partial charge is 0.493 e. The second kappa shape index (κ2) is 15.7. The molecule has 37 heavy (non-hydrogen) atoms. The molecule has 1 aliphatic heterocycles. The van der Waals surface area contributed by atoms with Crippen LogP contribution in [0, 0.1) is 11.7 Å². The number of methoxy groups -OCH3 is 1. The third-order valence-corrected chi connectivity index (χ3v) is 6.38. The number of carbonyl (C=O) groups is 2. The van der Waals surface area contributed by atoms with E-state index in [-0.39, 0.29) is 5.82 Å². The molecule has 1 saturated heterocycles. The van der Waals surface area contributed by atoms with E-state index >= 15 is 0 Å². The van der Waals surface area contributed by atoms with Crippen LogP contribution in [0.1, 0.15) is 56.6 Å². The SMILES string of the molecule is CC=Cc1ccc(OC[C@H]2CN(CCCCC)CC[C@@H]2c2ccc(F)cc2)c(OC)c1.O=C(O)C(=O)O. The van der Waals surface area contributed by atoms with Crippen molar-refractivity contribution in [3.05, 3.63) is 65.5 Å². The molecule has 7 nitrogen and oxygen atoms in total. The van der Waals surface area contributed by atoms with Crippen molar-refractivity contribution in [1.82, 2.24) is 4.90 Å². The van der Waals surface area contributed by atoms with Gasteiger partial charge in [-0.1, -0.05) is 50.1 Å². The lowest BCUT2D eigenvalue weighted by Gasteiger charge is -2.39. The Morgan fingerprint density at radius 3 is 2.38 bits per heavy atom. The van der Waals surface area contributed by atoms with Gasteiger partial charge in [-0.25, -0.2) is 14.0 Å². The molecule has 1 aliphatic rings. The van der Waals surface area contributed by atoms with Gasteiger partial charge in [0, 0.05) is 12.5 Å². The number of carboxylic acids is 2. The van der Waals surface area contributed by atoms with Crippen molar-refractivity contribution in [2.24, 2.45) is 5.92 Å². The summed E-state index contributed by atoms with van der Waals surface area (Å²) in [6.45, 7) is 8.09. The lowest BCUT2D eigenvalue weighted by molar-refractivity contribution is -0.159. The monoisotopic (exact) mass is 515 g/mol. The third-order valence-electron chi connectivity index (χ3n) is 6.38. The van der Waals surface area contributed by atoms with E-state index < -0.39 is 11.9 Å². The number of nitrogens with zero attached hydrogens (tertiary/aromatic N) is 1. The Hall–Kier alpha value is -3.39. The molecule has 0 unspecified atom stereocenters. The highest BCUT2D eigenvalue weighted by atomic mass is 19.1. The van der Waals surface area contributed by atoms with Gasteiger partial charge in [0.2, 0.25) is 0 Å². The van der Waals surface area contributed by atoms with E-state index in [9.17, 15) is 4.39 Å². The average Bonchev–Trinajstić information content (AvgIpc) is 2.89. The number of carboxylic acid groups (broad SMARTS) is 2. The molecule has 2 aromatic rings. The third kappa shape index (κ3) is 9.88. The van der Waals surface area contributed by atoms with Crippen molar-refractivity contribution in [3.63, 3.8) is 0 Å². The highest BCUT2D eigenvalue weighted by Crippen LogP contribution is 2.35. The quantitative estimate of drug-likeness (QED) is 0.310. The first kappa shape index (κ1) is 29.8. The van der Waals surface area contributed by atoms with Gasteiger partial charge in [0.15, 0.2) is 11.5 Å². The second-order valence-corrected chi connectivity index (χ2v) is 9.05. The standard InChI is InChI=1S/C27H36FNO2.C2H2O4/c1-4-6-7-16-29-17-15-25(22-10-12-24(28)13-11-22)23(19-29)20-31-26-14-9-21(8-5-2)18-27(26)30-3;3-1(4)2(5)6/h5,8-14,18,23,25H,4,6-7,15-17,19-20H2,1-3H3;(H,3,4)(H,5,6)/t23-,25-;/m1./s1. The van der Waals surface area contributed by atoms with Gasteiger partial charge in [0.1, 0.15) is 5.82 Å². The Balaban J connectivity index is 0.000000717. The van der Waals surface area contributed by atoms with Crippen LogP contribution in [0.25, 0.3) is 6.08 Å². The molecule has 1 fully saturated rings. The molecule has 0 bridgehead atoms. The van der Waals surface area contributed by atoms with Crippen molar-refractivity contribution < 1.29 is 33.7 Å². The first-order chi connectivity index (χ1) is 17.8. The number of likely N-dealkylation sites (tertiary alicyclic amines) is 1. The van der Waals surface area contributed by atoms with Crippen LogP contribution in [-0.4, -0.2) is 60.4 Å². The summed E-state index contributed by atoms with van der Waals surface area (Å²) in [6.07, 6.45) is 8.88. The predicted octanol–water partition coefficient (Wildman–Crippen LogP) is 5.70. The number of hydrogen-bond acceptors (Lipinski definition) is 5. The summed E-state index contributed by atoms with van der Waals surface area (Å²) < 4.78 is 25.3. The number of piperidine rings is 1. The van der Waals surface area contributed by atoms with Gasteiger partial charge >= 0.3 is 11.9 Å². The fraction of sp³-hybridized carbons (Fsp3) is 0.448. The Morgan fingerprint density at radius 1 is 1.08 bits per heavy atom. The zero-order chi connectivity index (χ0) is 27.2. The van der Waals surface area contributed by atoms with Crippen molar-refractivity contribution in [1.29, 1.82) is 0 Å². The van der Waals surface area contributed by atoms with E-state index in [1.165, 1.54) is 24.8 Å². The van der Waals surface area contributed by atoms with Crippen molar-refractivity contribution in [2.75, 3.05) is 33.4 Å². The number of ether oxygens (including phenoxy) is 2. The number of allylic oxidation sites excluding steroid dienone is 1. The van der Waals surface area contributed by atoms with Crippen LogP contribution in [-0.2, 0) is 9.59 Å². The maximum atomic E-state index is 13.5. The summed E-state index contributed by atoms with van der Waals surface area (Å²) in [7, 11) is 1.68. The van der Waals surface area contributed by atoms with Crippen LogP contribution in [0.3, 0.4) is 0 Å². The van der Waals surface area contributed by atoms with Gasteiger partial charge in [-0.3, -0.25) is 0 Å². The van der Waals surface area contributed by atoms with Gasteiger partial charge in [-0.05, 0) is 74.2 Å². The molecule has 2 atom stereocenters. The molecule has 0 radical (unpaired) electrons. The fourth-order valence-corrected chi connectivity index (χ4v) is 4.51. The van der Waals surface area contributed by atoms with E-state index in [2.05, 4.69) is 11.8 Å². The van der Waals surface area contributed by atoms with Crippen molar-refractivity contribution in [3.8, 4) is 11.5 Å². The Morgan fingerprint density at radius 2 is 1.78 bits per heavy atom. The zero-order valence-corrected chi connectivity index (χ0v) is 21.9. The van der Waals surface area contributed by atoms with E-state index in [0.29, 0.717) is 18.4 Å². The number of hydrogen-bond donors (Lipinski definition) is 2. The molecule has 0 amide bonds. The van der Waals surface area contributed by atoms with Gasteiger partial charge in [-0.2, -0.15) is 0 Å². The average molecular weight is 516 g/mol. The van der Waals surface area contributed by atoms with Crippen LogP contribution in [0.5, 0.6) is 11.5 Å². The lowest BCUT2D eigenvalue weighted by Crippen LogP contribution is -2.42. The van der Waals surface area contributed by atoms with Gasteiger partial charge in [0.25, 0.3) is 0 Å². The smallest absolute Gasteiger partial charge is 0.414 e. The zero-order valence-electron chi connectivity index (χ0n) is 21.9. The minimum Gasteiger partial charge on any atom is -0.493 e. The molecule has 0 aromatic heterocycles. The summed E-state index contributed by atoms with van der Waals surface area (Å²) in [5.41, 5.74) is 2.30. The van der Waals surface area contributed by atoms with Crippen LogP contribution < -0.4 is 9.47 Å². The molecule has 2 N–H and O–H groups in total. The van der Waals surface area contributed by atoms with Gasteiger partial charge < -0.3 is 24.6 Å². The normalized spacial score (nSPS) is 17.6. The topological polar surface area (TPSA) is 96.3 Å². The lowest BCUT2D eigenvalue weighted by atomic mass is 9.80. The van der Waals surface area contributed by atoms with E-state index in [1.807, 2.05) is 49.4 Å². The van der Waals surface area contributed by atoms with Crippen LogP contribution in [0.2, 0.25) is 0 Å². The van der Waals surface area contributed by atoms with E-state index in [0.717, 1.165) is 43.1 Å². The maximum Gasteiger partial charge on any atom is 0.414 e. The molecule has 1 heterocycles. The number of aliphatic carboxylic acids is 2. The number of halogens is 1. The summed E-state index contributed by atoms with van der Waals surface area (Å²) in [5.74, 6) is -1.58. The maximum absolute atomic E-state index is 13.5. The number of rotatable bonds is 10. The molecule has 8 heteroatoms. The summed E-state index contributed by atoms with van der Waals surface area (Å²) in [5, 5.41) is 14.8. The summed E-state index contributed by atoms with van der Waals surface area (Å²) >= 11 is 0. The Kier molecular flexibility index (Phi) is 12.6. The first-order valence-electron chi connectivity index (χ1n) is 12.7. The van der Waals surface area contributed by atoms with Crippen molar-refractivity contribution in [2.45, 2.75) is 45.4 Å². The Labute approximate surface area is 218 Å². The molecular formula is C29H38FNO6. The fourth-order valence-electron chi connectivity index (χ4n) is 4.51. The van der Waals surface area contributed by atoms with Gasteiger partial charge in [0.05, 0.1) is 13.7 Å². The molecule has 2 aromatic carbocycles. The highest BCUT2D eigenvalue weighted by Gasteiger charge is 2.31. The molecule has 0 aliphatic carbocycles. The molecule has 202 valence electrons. The second-order valence-electron chi connectivity index (χ2n) is 9.05. The highest BCUT2D eigenvalue weighted by molar-refractivity contribution is 6.27. The van der Waals surface area contributed by atoms with Crippen molar-refractivity contribution >= 4 is 18.0 Å². The Bertz CT molecular complexity index is 1010. The minimum absolute atomic E-state index is 0.181. The summed E-state index contributed by atoms with van der Waals surface area (Å²) in [6, 6.07) is 13.1. The summed E-state index contributed by atoms with van der Waals surface area (Å²) in [4.78, 5) is 20.8.